The zero-order chi connectivity index (χ0) is 18.8. The van der Waals surface area contributed by atoms with Crippen molar-refractivity contribution in [3.63, 3.8) is 0 Å². The molecular formula is C20H26N4OS2. The maximum Gasteiger partial charge on any atom is 0.173 e. The first kappa shape index (κ1) is 18.8. The monoisotopic (exact) mass is 402 g/mol. The molecule has 0 spiro atoms. The quantitative estimate of drug-likeness (QED) is 0.634. The van der Waals surface area contributed by atoms with Gasteiger partial charge in [-0.25, -0.2) is 9.97 Å². The third-order valence-electron chi connectivity index (χ3n) is 5.31. The molecule has 144 valence electrons. The van der Waals surface area contributed by atoms with Crippen LogP contribution in [0.2, 0.25) is 0 Å². The van der Waals surface area contributed by atoms with Crippen molar-refractivity contribution in [2.45, 2.75) is 20.3 Å². The number of aromatic nitrogens is 2. The Morgan fingerprint density at radius 1 is 1.33 bits per heavy atom. The number of nitrogens with one attached hydrogen (secondary N) is 1. The molecule has 0 aliphatic carbocycles. The van der Waals surface area contributed by atoms with Crippen LogP contribution in [0, 0.1) is 19.8 Å². The Hall–Kier alpha value is -1.54. The lowest BCUT2D eigenvalue weighted by molar-refractivity contribution is 0.159. The highest BCUT2D eigenvalue weighted by atomic mass is 32.1. The van der Waals surface area contributed by atoms with E-state index in [4.69, 9.17) is 14.7 Å². The molecule has 1 aliphatic heterocycles. The van der Waals surface area contributed by atoms with Gasteiger partial charge in [0.25, 0.3) is 0 Å². The van der Waals surface area contributed by atoms with Crippen LogP contribution in [0.5, 0.6) is 0 Å². The number of thiophene rings is 2. The molecule has 0 radical (unpaired) electrons. The number of nitrogens with zero attached hydrogens (tertiary/aromatic N) is 3. The molecule has 1 N–H and O–H groups in total. The number of anilines is 1. The van der Waals surface area contributed by atoms with Crippen LogP contribution in [0.25, 0.3) is 20.9 Å². The van der Waals surface area contributed by atoms with Crippen molar-refractivity contribution in [2.75, 3.05) is 45.2 Å². The summed E-state index contributed by atoms with van der Waals surface area (Å²) in [7, 11) is 1.77. The molecule has 1 atom stereocenters. The maximum atomic E-state index is 5.21. The molecule has 0 aromatic carbocycles. The Kier molecular flexibility index (Phi) is 5.73. The van der Waals surface area contributed by atoms with Gasteiger partial charge in [0.1, 0.15) is 10.6 Å². The summed E-state index contributed by atoms with van der Waals surface area (Å²) in [6.07, 6.45) is 1.23. The van der Waals surface area contributed by atoms with Gasteiger partial charge in [-0.2, -0.15) is 0 Å². The van der Waals surface area contributed by atoms with Crippen molar-refractivity contribution in [2.24, 2.45) is 5.92 Å². The van der Waals surface area contributed by atoms with Gasteiger partial charge >= 0.3 is 0 Å². The van der Waals surface area contributed by atoms with Crippen LogP contribution in [0.1, 0.15) is 16.9 Å². The van der Waals surface area contributed by atoms with Crippen LogP contribution in [0.3, 0.4) is 0 Å². The predicted octanol–water partition coefficient (Wildman–Crippen LogP) is 4.42. The molecule has 3 aromatic rings. The normalized spacial score (nSPS) is 17.8. The molecule has 0 amide bonds. The fourth-order valence-corrected chi connectivity index (χ4v) is 5.32. The van der Waals surface area contributed by atoms with Gasteiger partial charge in [0.2, 0.25) is 0 Å². The molecule has 27 heavy (non-hydrogen) atoms. The van der Waals surface area contributed by atoms with E-state index in [0.29, 0.717) is 5.92 Å². The minimum absolute atomic E-state index is 0.650. The first-order chi connectivity index (χ1) is 13.2. The zero-order valence-corrected chi connectivity index (χ0v) is 17.8. The smallest absolute Gasteiger partial charge is 0.173 e. The third-order valence-corrected chi connectivity index (χ3v) is 7.28. The molecule has 0 saturated carbocycles. The van der Waals surface area contributed by atoms with Crippen molar-refractivity contribution in [3.8, 4) is 10.7 Å². The van der Waals surface area contributed by atoms with E-state index < -0.39 is 0 Å². The Balaban J connectivity index is 1.55. The van der Waals surface area contributed by atoms with E-state index >= 15 is 0 Å². The first-order valence-electron chi connectivity index (χ1n) is 9.42. The summed E-state index contributed by atoms with van der Waals surface area (Å²) in [5, 5.41) is 6.93. The summed E-state index contributed by atoms with van der Waals surface area (Å²) < 4.78 is 5.21. The topological polar surface area (TPSA) is 50.3 Å². The van der Waals surface area contributed by atoms with Gasteiger partial charge in [0, 0.05) is 31.6 Å². The van der Waals surface area contributed by atoms with Crippen LogP contribution in [-0.4, -0.2) is 54.8 Å². The van der Waals surface area contributed by atoms with Crippen molar-refractivity contribution in [3.05, 3.63) is 28.0 Å². The summed E-state index contributed by atoms with van der Waals surface area (Å²) >= 11 is 3.45. The number of ether oxygens (including phenoxy) is 1. The van der Waals surface area contributed by atoms with Crippen LogP contribution in [0.15, 0.2) is 17.5 Å². The lowest BCUT2D eigenvalue weighted by Gasteiger charge is -2.16. The SMILES string of the molecule is COCCN1CC[C@H](CNc2nc(-c3cccs3)nc3sc(C)c(C)c23)C1. The molecule has 0 bridgehead atoms. The molecular weight excluding hydrogens is 376 g/mol. The molecule has 4 rings (SSSR count). The van der Waals surface area contributed by atoms with Crippen LogP contribution in [0.4, 0.5) is 5.82 Å². The highest BCUT2D eigenvalue weighted by Crippen LogP contribution is 2.36. The summed E-state index contributed by atoms with van der Waals surface area (Å²) in [6, 6.07) is 4.15. The third kappa shape index (κ3) is 4.01. The van der Waals surface area contributed by atoms with Gasteiger partial charge in [-0.1, -0.05) is 6.07 Å². The number of aryl methyl sites for hydroxylation is 2. The molecule has 1 fully saturated rings. The molecule has 0 unspecified atom stereocenters. The summed E-state index contributed by atoms with van der Waals surface area (Å²) in [6.45, 7) is 9.42. The Morgan fingerprint density at radius 3 is 3.00 bits per heavy atom. The average molecular weight is 403 g/mol. The highest BCUT2D eigenvalue weighted by molar-refractivity contribution is 7.19. The zero-order valence-electron chi connectivity index (χ0n) is 16.1. The predicted molar refractivity (Wildman–Crippen MR) is 115 cm³/mol. The fourth-order valence-electron chi connectivity index (χ4n) is 3.64. The van der Waals surface area contributed by atoms with E-state index in [1.807, 2.05) is 0 Å². The summed E-state index contributed by atoms with van der Waals surface area (Å²) in [5.74, 6) is 2.46. The van der Waals surface area contributed by atoms with E-state index in [1.54, 1.807) is 29.8 Å². The van der Waals surface area contributed by atoms with Crippen LogP contribution >= 0.6 is 22.7 Å². The second-order valence-corrected chi connectivity index (χ2v) is 9.32. The van der Waals surface area contributed by atoms with Crippen LogP contribution in [-0.2, 0) is 4.74 Å². The van der Waals surface area contributed by atoms with Gasteiger partial charge in [-0.15, -0.1) is 22.7 Å². The Morgan fingerprint density at radius 2 is 2.22 bits per heavy atom. The number of hydrogen-bond acceptors (Lipinski definition) is 7. The summed E-state index contributed by atoms with van der Waals surface area (Å²) in [5.41, 5.74) is 1.29. The lowest BCUT2D eigenvalue weighted by Crippen LogP contribution is -2.26. The fraction of sp³-hybridized carbons (Fsp3) is 0.500. The van der Waals surface area contributed by atoms with Gasteiger partial charge in [0.05, 0.1) is 16.9 Å². The molecule has 5 nitrogen and oxygen atoms in total. The van der Waals surface area contributed by atoms with Crippen molar-refractivity contribution in [1.29, 1.82) is 0 Å². The molecule has 4 heterocycles. The lowest BCUT2D eigenvalue weighted by atomic mass is 10.1. The Bertz CT molecular complexity index is 906. The maximum absolute atomic E-state index is 5.21. The molecule has 1 saturated heterocycles. The number of fused-ring (bicyclic) bond motifs is 1. The Labute approximate surface area is 168 Å². The number of hydrogen-bond donors (Lipinski definition) is 1. The van der Waals surface area contributed by atoms with Gasteiger partial charge < -0.3 is 15.0 Å². The van der Waals surface area contributed by atoms with E-state index in [-0.39, 0.29) is 0 Å². The molecule has 3 aromatic heterocycles. The number of likely N-dealkylation sites (tertiary alicyclic amines) is 1. The van der Waals surface area contributed by atoms with E-state index in [1.165, 1.54) is 22.2 Å². The van der Waals surface area contributed by atoms with Gasteiger partial charge in [0.15, 0.2) is 5.82 Å². The second kappa shape index (κ2) is 8.22. The minimum atomic E-state index is 0.650. The van der Waals surface area contributed by atoms with Crippen molar-refractivity contribution in [1.82, 2.24) is 14.9 Å². The van der Waals surface area contributed by atoms with E-state index in [0.717, 1.165) is 54.1 Å². The molecule has 1 aliphatic rings. The van der Waals surface area contributed by atoms with Gasteiger partial charge in [-0.3, -0.25) is 0 Å². The van der Waals surface area contributed by atoms with E-state index in [2.05, 4.69) is 41.6 Å². The van der Waals surface area contributed by atoms with Crippen molar-refractivity contribution >= 4 is 38.7 Å². The minimum Gasteiger partial charge on any atom is -0.383 e. The number of methoxy groups -OCH3 is 1. The average Bonchev–Trinajstić information content (AvgIpc) is 3.40. The largest absolute Gasteiger partial charge is 0.383 e. The van der Waals surface area contributed by atoms with Gasteiger partial charge in [-0.05, 0) is 49.7 Å². The highest BCUT2D eigenvalue weighted by Gasteiger charge is 2.23. The second-order valence-electron chi connectivity index (χ2n) is 7.17. The standard InChI is InChI=1S/C20H26N4OS2/c1-13-14(2)27-20-17(13)19(22-18(23-20)16-5-4-10-26-16)21-11-15-6-7-24(12-15)8-9-25-3/h4-5,10,15H,6-9,11-12H2,1-3H3,(H,21,22,23)/t15-/m1/s1. The van der Waals surface area contributed by atoms with Crippen LogP contribution < -0.4 is 5.32 Å². The van der Waals surface area contributed by atoms with E-state index in [9.17, 15) is 0 Å². The molecule has 7 heteroatoms. The first-order valence-corrected chi connectivity index (χ1v) is 11.1. The number of rotatable bonds is 7. The van der Waals surface area contributed by atoms with Crippen molar-refractivity contribution < 1.29 is 4.74 Å². The summed E-state index contributed by atoms with van der Waals surface area (Å²) in [4.78, 5) is 15.8.